The number of aliphatic imine (C=N–C) groups is 1. The average molecular weight is 353 g/mol. The van der Waals surface area contributed by atoms with Crippen molar-refractivity contribution in [2.75, 3.05) is 7.05 Å². The molecule has 0 radical (unpaired) electrons. The molecule has 1 aromatic heterocycles. The Kier molecular flexibility index (Phi) is 5.41. The standard InChI is InChI=1S/C16H23N3O4S/c1-8-4-5-10(6-18-8)7-22-9(2)14-13(21)12(20)11-15(23-14)24-16(17-3)19-11/h4-6,9,11-15,20-21H,7H2,1-3H3,(H,17,19)/t9-,11+,12+,13-,14+,15+/m0/s1. The van der Waals surface area contributed by atoms with Crippen LogP contribution in [0, 0.1) is 6.92 Å². The number of aromatic nitrogens is 1. The van der Waals surface area contributed by atoms with Gasteiger partial charge < -0.3 is 25.0 Å². The molecule has 2 aliphatic heterocycles. The molecule has 0 aliphatic carbocycles. The largest absolute Gasteiger partial charge is 0.388 e. The van der Waals surface area contributed by atoms with Crippen molar-refractivity contribution in [3.8, 4) is 0 Å². The van der Waals surface area contributed by atoms with Gasteiger partial charge in [0.25, 0.3) is 0 Å². The summed E-state index contributed by atoms with van der Waals surface area (Å²) >= 11 is 1.42. The van der Waals surface area contributed by atoms with E-state index in [-0.39, 0.29) is 17.6 Å². The molecule has 2 fully saturated rings. The fourth-order valence-electron chi connectivity index (χ4n) is 2.84. The predicted molar refractivity (Wildman–Crippen MR) is 91.8 cm³/mol. The highest BCUT2D eigenvalue weighted by molar-refractivity contribution is 8.14. The minimum atomic E-state index is -1.03. The summed E-state index contributed by atoms with van der Waals surface area (Å²) in [7, 11) is 1.67. The second kappa shape index (κ2) is 7.37. The summed E-state index contributed by atoms with van der Waals surface area (Å²) in [6.45, 7) is 4.14. The van der Waals surface area contributed by atoms with Crippen molar-refractivity contribution in [2.45, 2.75) is 56.3 Å². The first-order valence-electron chi connectivity index (χ1n) is 7.94. The first-order valence-corrected chi connectivity index (χ1v) is 8.82. The van der Waals surface area contributed by atoms with Gasteiger partial charge in [0.2, 0.25) is 0 Å². The van der Waals surface area contributed by atoms with Crippen molar-refractivity contribution in [2.24, 2.45) is 4.99 Å². The van der Waals surface area contributed by atoms with Crippen LogP contribution in [0.4, 0.5) is 0 Å². The quantitative estimate of drug-likeness (QED) is 0.722. The summed E-state index contributed by atoms with van der Waals surface area (Å²) in [4.78, 5) is 8.31. The highest BCUT2D eigenvalue weighted by Gasteiger charge is 2.50. The molecule has 6 atom stereocenters. The maximum Gasteiger partial charge on any atom is 0.159 e. The fourth-order valence-corrected chi connectivity index (χ4v) is 3.93. The lowest BCUT2D eigenvalue weighted by atomic mass is 9.95. The predicted octanol–water partition coefficient (Wildman–Crippen LogP) is 0.433. The van der Waals surface area contributed by atoms with Gasteiger partial charge in [-0.05, 0) is 25.5 Å². The number of aliphatic hydroxyl groups excluding tert-OH is 2. The molecular formula is C16H23N3O4S. The molecule has 0 bridgehead atoms. The van der Waals surface area contributed by atoms with Crippen LogP contribution in [0.2, 0.25) is 0 Å². The van der Waals surface area contributed by atoms with E-state index in [4.69, 9.17) is 9.47 Å². The fraction of sp³-hybridized carbons (Fsp3) is 0.625. The van der Waals surface area contributed by atoms with Crippen molar-refractivity contribution in [1.29, 1.82) is 0 Å². The number of ether oxygens (including phenoxy) is 2. The summed E-state index contributed by atoms with van der Waals surface area (Å²) in [6, 6.07) is 3.52. The number of hydrogen-bond acceptors (Lipinski definition) is 7. The van der Waals surface area contributed by atoms with Crippen molar-refractivity contribution < 1.29 is 19.7 Å². The Morgan fingerprint density at radius 3 is 2.88 bits per heavy atom. The molecule has 0 saturated carbocycles. The van der Waals surface area contributed by atoms with E-state index < -0.39 is 18.3 Å². The van der Waals surface area contributed by atoms with Crippen LogP contribution in [0.25, 0.3) is 0 Å². The molecule has 2 saturated heterocycles. The van der Waals surface area contributed by atoms with Crippen LogP contribution in [0.1, 0.15) is 18.2 Å². The molecule has 0 unspecified atom stereocenters. The first-order chi connectivity index (χ1) is 11.5. The van der Waals surface area contributed by atoms with Crippen LogP contribution in [0.3, 0.4) is 0 Å². The van der Waals surface area contributed by atoms with Crippen LogP contribution in [-0.2, 0) is 16.1 Å². The number of pyridine rings is 1. The maximum atomic E-state index is 10.4. The summed E-state index contributed by atoms with van der Waals surface area (Å²) in [6.07, 6.45) is -1.18. The van der Waals surface area contributed by atoms with E-state index in [9.17, 15) is 10.2 Å². The topological polar surface area (TPSA) is 96.2 Å². The van der Waals surface area contributed by atoms with Gasteiger partial charge in [0.15, 0.2) is 5.17 Å². The highest BCUT2D eigenvalue weighted by atomic mass is 32.2. The van der Waals surface area contributed by atoms with Crippen molar-refractivity contribution in [3.05, 3.63) is 29.6 Å². The van der Waals surface area contributed by atoms with Gasteiger partial charge in [-0.15, -0.1) is 0 Å². The molecule has 0 aromatic carbocycles. The third kappa shape index (κ3) is 3.57. The van der Waals surface area contributed by atoms with Crippen LogP contribution in [-0.4, -0.2) is 63.3 Å². The van der Waals surface area contributed by atoms with E-state index in [0.29, 0.717) is 11.8 Å². The number of thioether (sulfide) groups is 1. The molecule has 0 spiro atoms. The second-order valence-electron chi connectivity index (χ2n) is 6.09. The van der Waals surface area contributed by atoms with E-state index in [2.05, 4.69) is 15.3 Å². The lowest BCUT2D eigenvalue weighted by molar-refractivity contribution is -0.195. The zero-order valence-corrected chi connectivity index (χ0v) is 14.7. The Balaban J connectivity index is 1.62. The molecule has 7 nitrogen and oxygen atoms in total. The second-order valence-corrected chi connectivity index (χ2v) is 7.18. The van der Waals surface area contributed by atoms with Gasteiger partial charge in [0.1, 0.15) is 23.7 Å². The summed E-state index contributed by atoms with van der Waals surface area (Å²) in [5, 5.41) is 24.5. The molecule has 132 valence electrons. The van der Waals surface area contributed by atoms with Crippen LogP contribution in [0.15, 0.2) is 23.3 Å². The van der Waals surface area contributed by atoms with Crippen LogP contribution in [0.5, 0.6) is 0 Å². The molecule has 24 heavy (non-hydrogen) atoms. The zero-order chi connectivity index (χ0) is 17.3. The Hall–Kier alpha value is -1.19. The number of nitrogens with one attached hydrogen (secondary N) is 1. The number of amidine groups is 1. The SMILES string of the molecule is CN=C1N[C@@H]2[C@@H](O)[C@H](O)[C@@H]([C@H](C)OCc3ccc(C)nc3)O[C@@H]2S1. The Morgan fingerprint density at radius 2 is 2.21 bits per heavy atom. The molecule has 8 heteroatoms. The normalized spacial score (nSPS) is 35.5. The Bertz CT molecular complexity index is 597. The molecule has 2 aliphatic rings. The molecule has 3 N–H and O–H groups in total. The molecule has 3 heterocycles. The smallest absolute Gasteiger partial charge is 0.159 e. The molecule has 0 amide bonds. The monoisotopic (exact) mass is 353 g/mol. The molecule has 3 rings (SSSR count). The average Bonchev–Trinajstić information content (AvgIpc) is 3.01. The number of rotatable bonds is 4. The van der Waals surface area contributed by atoms with E-state index in [1.807, 2.05) is 26.0 Å². The number of aryl methyl sites for hydroxylation is 1. The van der Waals surface area contributed by atoms with Crippen LogP contribution < -0.4 is 5.32 Å². The van der Waals surface area contributed by atoms with Crippen molar-refractivity contribution in [3.63, 3.8) is 0 Å². The Labute approximate surface area is 145 Å². The zero-order valence-electron chi connectivity index (χ0n) is 13.9. The minimum absolute atomic E-state index is 0.292. The summed E-state index contributed by atoms with van der Waals surface area (Å²) < 4.78 is 11.8. The van der Waals surface area contributed by atoms with Gasteiger partial charge in [-0.25, -0.2) is 0 Å². The molecular weight excluding hydrogens is 330 g/mol. The van der Waals surface area contributed by atoms with E-state index in [1.165, 1.54) is 11.8 Å². The number of nitrogens with zero attached hydrogens (tertiary/aromatic N) is 2. The number of hydrogen-bond donors (Lipinski definition) is 3. The van der Waals surface area contributed by atoms with Gasteiger partial charge in [-0.2, -0.15) is 0 Å². The van der Waals surface area contributed by atoms with E-state index in [0.717, 1.165) is 11.3 Å². The van der Waals surface area contributed by atoms with Gasteiger partial charge in [0, 0.05) is 18.9 Å². The summed E-state index contributed by atoms with van der Waals surface area (Å²) in [5.74, 6) is 0. The first kappa shape index (κ1) is 17.6. The van der Waals surface area contributed by atoms with Gasteiger partial charge in [0.05, 0.1) is 18.8 Å². The van der Waals surface area contributed by atoms with E-state index in [1.54, 1.807) is 13.2 Å². The van der Waals surface area contributed by atoms with Gasteiger partial charge in [-0.1, -0.05) is 17.8 Å². The van der Waals surface area contributed by atoms with Gasteiger partial charge >= 0.3 is 0 Å². The van der Waals surface area contributed by atoms with Crippen molar-refractivity contribution in [1.82, 2.24) is 10.3 Å². The third-order valence-electron chi connectivity index (χ3n) is 4.31. The maximum absolute atomic E-state index is 10.4. The lowest BCUT2D eigenvalue weighted by Crippen LogP contribution is -2.61. The lowest BCUT2D eigenvalue weighted by Gasteiger charge is -2.41. The number of aliphatic hydroxyl groups is 2. The minimum Gasteiger partial charge on any atom is -0.388 e. The Morgan fingerprint density at radius 1 is 1.42 bits per heavy atom. The third-order valence-corrected chi connectivity index (χ3v) is 5.47. The van der Waals surface area contributed by atoms with Crippen LogP contribution >= 0.6 is 11.8 Å². The highest BCUT2D eigenvalue weighted by Crippen LogP contribution is 2.35. The summed E-state index contributed by atoms with van der Waals surface area (Å²) in [5.41, 5.74) is 1.61. The molecule has 1 aromatic rings. The van der Waals surface area contributed by atoms with Gasteiger partial charge in [-0.3, -0.25) is 9.98 Å². The number of fused-ring (bicyclic) bond motifs is 1. The van der Waals surface area contributed by atoms with Crippen molar-refractivity contribution >= 4 is 16.9 Å². The van der Waals surface area contributed by atoms with E-state index >= 15 is 0 Å².